The van der Waals surface area contributed by atoms with Crippen molar-refractivity contribution in [3.8, 4) is 5.69 Å². The van der Waals surface area contributed by atoms with Gasteiger partial charge in [-0.25, -0.2) is 9.37 Å². The SMILES string of the molecule is Cc1cc(F)cc(-n2c(=S)[nH]c3cc(C)cnc32)c1. The van der Waals surface area contributed by atoms with E-state index in [9.17, 15) is 4.39 Å². The van der Waals surface area contributed by atoms with E-state index < -0.39 is 0 Å². The average molecular weight is 273 g/mol. The molecule has 0 aliphatic carbocycles. The van der Waals surface area contributed by atoms with Crippen LogP contribution in [0.4, 0.5) is 4.39 Å². The van der Waals surface area contributed by atoms with Crippen molar-refractivity contribution >= 4 is 23.4 Å². The molecule has 0 unspecified atom stereocenters. The van der Waals surface area contributed by atoms with E-state index in [1.54, 1.807) is 10.8 Å². The molecule has 0 radical (unpaired) electrons. The molecule has 0 bridgehead atoms. The van der Waals surface area contributed by atoms with E-state index in [2.05, 4.69) is 9.97 Å². The number of imidazole rings is 1. The molecule has 0 aliphatic rings. The first kappa shape index (κ1) is 12.0. The lowest BCUT2D eigenvalue weighted by atomic mass is 10.2. The van der Waals surface area contributed by atoms with Crippen molar-refractivity contribution in [3.63, 3.8) is 0 Å². The molecule has 3 nitrogen and oxygen atoms in total. The Labute approximate surface area is 114 Å². The number of aromatic amines is 1. The molecule has 0 amide bonds. The van der Waals surface area contributed by atoms with Gasteiger partial charge in [-0.2, -0.15) is 0 Å². The zero-order valence-corrected chi connectivity index (χ0v) is 11.4. The number of fused-ring (bicyclic) bond motifs is 1. The van der Waals surface area contributed by atoms with Gasteiger partial charge in [-0.15, -0.1) is 0 Å². The van der Waals surface area contributed by atoms with Gasteiger partial charge >= 0.3 is 0 Å². The maximum absolute atomic E-state index is 13.5. The van der Waals surface area contributed by atoms with Gasteiger partial charge in [0.2, 0.25) is 0 Å². The third-order valence-electron chi connectivity index (χ3n) is 2.94. The number of aryl methyl sites for hydroxylation is 2. The molecule has 3 aromatic rings. The molecule has 1 N–H and O–H groups in total. The largest absolute Gasteiger partial charge is 0.329 e. The summed E-state index contributed by atoms with van der Waals surface area (Å²) in [6.07, 6.45) is 1.77. The van der Waals surface area contributed by atoms with Gasteiger partial charge in [-0.1, -0.05) is 0 Å². The summed E-state index contributed by atoms with van der Waals surface area (Å²) >= 11 is 5.31. The Kier molecular flexibility index (Phi) is 2.71. The van der Waals surface area contributed by atoms with Crippen LogP contribution >= 0.6 is 12.2 Å². The molecule has 0 spiro atoms. The zero-order valence-electron chi connectivity index (χ0n) is 10.6. The molecule has 2 heterocycles. The van der Waals surface area contributed by atoms with Crippen LogP contribution in [0.3, 0.4) is 0 Å². The number of hydrogen-bond donors (Lipinski definition) is 1. The van der Waals surface area contributed by atoms with Crippen LogP contribution in [0, 0.1) is 24.4 Å². The Morgan fingerprint density at radius 2 is 1.95 bits per heavy atom. The van der Waals surface area contributed by atoms with Gasteiger partial charge in [0.05, 0.1) is 11.2 Å². The average Bonchev–Trinajstić information content (AvgIpc) is 2.62. The summed E-state index contributed by atoms with van der Waals surface area (Å²) in [5, 5.41) is 0. The molecule has 5 heteroatoms. The lowest BCUT2D eigenvalue weighted by Crippen LogP contribution is -1.97. The van der Waals surface area contributed by atoms with E-state index >= 15 is 0 Å². The highest BCUT2D eigenvalue weighted by Crippen LogP contribution is 2.20. The van der Waals surface area contributed by atoms with E-state index in [0.29, 0.717) is 16.1 Å². The third-order valence-corrected chi connectivity index (χ3v) is 3.23. The summed E-state index contributed by atoms with van der Waals surface area (Å²) in [6, 6.07) is 6.80. The number of aromatic nitrogens is 3. The first-order valence-electron chi connectivity index (χ1n) is 5.89. The minimum atomic E-state index is -0.279. The van der Waals surface area contributed by atoms with Crippen LogP contribution in [0.2, 0.25) is 0 Å². The predicted octanol–water partition coefficient (Wildman–Crippen LogP) is 3.84. The Hall–Kier alpha value is -2.01. The number of nitrogens with one attached hydrogen (secondary N) is 1. The molecule has 19 heavy (non-hydrogen) atoms. The Morgan fingerprint density at radius 3 is 2.68 bits per heavy atom. The first-order valence-corrected chi connectivity index (χ1v) is 6.30. The van der Waals surface area contributed by atoms with Crippen LogP contribution < -0.4 is 0 Å². The van der Waals surface area contributed by atoms with Gasteiger partial charge in [0.25, 0.3) is 0 Å². The zero-order chi connectivity index (χ0) is 13.6. The Balaban J connectivity index is 2.36. The van der Waals surface area contributed by atoms with Crippen molar-refractivity contribution in [1.82, 2.24) is 14.5 Å². The number of H-pyrrole nitrogens is 1. The highest BCUT2D eigenvalue weighted by molar-refractivity contribution is 7.71. The molecule has 0 aliphatic heterocycles. The smallest absolute Gasteiger partial charge is 0.183 e. The predicted molar refractivity (Wildman–Crippen MR) is 75.7 cm³/mol. The minimum Gasteiger partial charge on any atom is -0.329 e. The van der Waals surface area contributed by atoms with E-state index in [1.165, 1.54) is 12.1 Å². The summed E-state index contributed by atoms with van der Waals surface area (Å²) in [5.74, 6) is -0.279. The van der Waals surface area contributed by atoms with Crippen LogP contribution in [0.15, 0.2) is 30.5 Å². The highest BCUT2D eigenvalue weighted by Gasteiger charge is 2.09. The molecule has 0 saturated heterocycles. The van der Waals surface area contributed by atoms with Crippen LogP contribution in [0.25, 0.3) is 16.9 Å². The molecular formula is C14H12FN3S. The van der Waals surface area contributed by atoms with Gasteiger partial charge in [0.15, 0.2) is 10.4 Å². The molecule has 3 rings (SSSR count). The molecule has 1 aromatic carbocycles. The number of halogens is 1. The summed E-state index contributed by atoms with van der Waals surface area (Å²) in [6.45, 7) is 3.82. The fourth-order valence-electron chi connectivity index (χ4n) is 2.19. The van der Waals surface area contributed by atoms with E-state index in [-0.39, 0.29) is 5.82 Å². The summed E-state index contributed by atoms with van der Waals surface area (Å²) < 4.78 is 15.8. The van der Waals surface area contributed by atoms with Crippen molar-refractivity contribution in [3.05, 3.63) is 52.2 Å². The third kappa shape index (κ3) is 2.06. The van der Waals surface area contributed by atoms with Crippen molar-refractivity contribution < 1.29 is 4.39 Å². The van der Waals surface area contributed by atoms with Crippen molar-refractivity contribution in [2.24, 2.45) is 0 Å². The van der Waals surface area contributed by atoms with Crippen LogP contribution in [0.1, 0.15) is 11.1 Å². The number of rotatable bonds is 1. The number of hydrogen-bond acceptors (Lipinski definition) is 2. The van der Waals surface area contributed by atoms with Gasteiger partial charge in [-0.3, -0.25) is 4.57 Å². The van der Waals surface area contributed by atoms with Crippen molar-refractivity contribution in [1.29, 1.82) is 0 Å². The second-order valence-electron chi connectivity index (χ2n) is 4.64. The van der Waals surface area contributed by atoms with Gasteiger partial charge in [0, 0.05) is 6.20 Å². The van der Waals surface area contributed by atoms with E-state index in [0.717, 1.165) is 16.6 Å². The quantitative estimate of drug-likeness (QED) is 0.683. The Morgan fingerprint density at radius 1 is 1.16 bits per heavy atom. The Bertz CT molecular complexity index is 812. The highest BCUT2D eigenvalue weighted by atomic mass is 32.1. The molecular weight excluding hydrogens is 261 g/mol. The van der Waals surface area contributed by atoms with Crippen molar-refractivity contribution in [2.75, 3.05) is 0 Å². The minimum absolute atomic E-state index is 0.279. The second kappa shape index (κ2) is 4.28. The monoisotopic (exact) mass is 273 g/mol. The normalized spacial score (nSPS) is 11.1. The molecule has 2 aromatic heterocycles. The maximum atomic E-state index is 13.5. The van der Waals surface area contributed by atoms with Crippen molar-refractivity contribution in [2.45, 2.75) is 13.8 Å². The van der Waals surface area contributed by atoms with E-state index in [4.69, 9.17) is 12.2 Å². The number of pyridine rings is 1. The van der Waals surface area contributed by atoms with Gasteiger partial charge in [-0.05, 0) is 61.5 Å². The summed E-state index contributed by atoms with van der Waals surface area (Å²) in [7, 11) is 0. The van der Waals surface area contributed by atoms with Crippen LogP contribution in [-0.2, 0) is 0 Å². The second-order valence-corrected chi connectivity index (χ2v) is 5.02. The van der Waals surface area contributed by atoms with Gasteiger partial charge < -0.3 is 4.98 Å². The fourth-order valence-corrected chi connectivity index (χ4v) is 2.49. The first-order chi connectivity index (χ1) is 9.04. The molecule has 0 atom stereocenters. The topological polar surface area (TPSA) is 33.6 Å². The lowest BCUT2D eigenvalue weighted by Gasteiger charge is -2.05. The van der Waals surface area contributed by atoms with Gasteiger partial charge in [0.1, 0.15) is 5.82 Å². The molecule has 0 fully saturated rings. The van der Waals surface area contributed by atoms with E-state index in [1.807, 2.05) is 26.0 Å². The fraction of sp³-hybridized carbons (Fsp3) is 0.143. The number of nitrogens with zero attached hydrogens (tertiary/aromatic N) is 2. The lowest BCUT2D eigenvalue weighted by molar-refractivity contribution is 0.625. The van der Waals surface area contributed by atoms with Crippen LogP contribution in [0.5, 0.6) is 0 Å². The maximum Gasteiger partial charge on any atom is 0.183 e. The molecule has 0 saturated carbocycles. The standard InChI is InChI=1S/C14H12FN3S/c1-8-3-10(15)6-11(4-8)18-13-12(17-14(18)19)5-9(2)7-16-13/h3-7H,1-2H3,(H,17,19). The molecule has 96 valence electrons. The van der Waals surface area contributed by atoms with Crippen LogP contribution in [-0.4, -0.2) is 14.5 Å². The summed E-state index contributed by atoms with van der Waals surface area (Å²) in [4.78, 5) is 7.48. The summed E-state index contributed by atoms with van der Waals surface area (Å²) in [5.41, 5.74) is 4.14. The number of benzene rings is 1.